The van der Waals surface area contributed by atoms with E-state index in [1.807, 2.05) is 56.6 Å². The number of carbonyl (C=O) groups excluding carboxylic acids is 1. The van der Waals surface area contributed by atoms with Crippen molar-refractivity contribution in [1.29, 1.82) is 0 Å². The third kappa shape index (κ3) is 3.89. The zero-order valence-electron chi connectivity index (χ0n) is 16.1. The summed E-state index contributed by atoms with van der Waals surface area (Å²) in [6, 6.07) is 13.6. The fraction of sp³-hybridized carbons (Fsp3) is 0.286. The number of nitrogens with one attached hydrogen (secondary N) is 1. The minimum absolute atomic E-state index is 0.0816. The third-order valence-corrected chi connectivity index (χ3v) is 4.61. The van der Waals surface area contributed by atoms with E-state index in [0.29, 0.717) is 25.4 Å². The Balaban J connectivity index is 1.58. The Hall–Kier alpha value is -3.19. The third-order valence-electron chi connectivity index (χ3n) is 4.61. The van der Waals surface area contributed by atoms with E-state index < -0.39 is 0 Å². The molecule has 3 aromatic rings. The zero-order valence-corrected chi connectivity index (χ0v) is 16.1. The average molecular weight is 377 g/mol. The number of fused-ring (bicyclic) bond motifs is 1. The molecule has 0 radical (unpaired) electrons. The van der Waals surface area contributed by atoms with Crippen molar-refractivity contribution < 1.29 is 9.53 Å². The SMILES string of the molecule is CN(C)CCOc1cccc(-c2cc(-c3cc4n(n3)CCNC4=O)ccn2)c1. The molecular formula is C21H23N5O2. The standard InChI is InChI=1S/C21H23N5O2/c1-25(2)10-11-28-17-5-3-4-15(12-17)18-13-16(6-7-22-18)19-14-20-21(27)23-8-9-26(20)24-19/h3-7,12-14H,8-11H2,1-2H3,(H,23,27). The summed E-state index contributed by atoms with van der Waals surface area (Å²) in [5, 5.41) is 7.42. The first-order valence-electron chi connectivity index (χ1n) is 9.30. The Morgan fingerprint density at radius 2 is 2.00 bits per heavy atom. The van der Waals surface area contributed by atoms with E-state index in [-0.39, 0.29) is 5.91 Å². The van der Waals surface area contributed by atoms with Crippen LogP contribution in [-0.4, -0.2) is 59.4 Å². The van der Waals surface area contributed by atoms with Crippen LogP contribution >= 0.6 is 0 Å². The quantitative estimate of drug-likeness (QED) is 0.714. The second kappa shape index (κ2) is 7.82. The molecule has 4 rings (SSSR count). The summed E-state index contributed by atoms with van der Waals surface area (Å²) in [6.45, 7) is 2.78. The first-order valence-corrected chi connectivity index (χ1v) is 9.30. The molecule has 0 atom stereocenters. The molecular weight excluding hydrogens is 354 g/mol. The average Bonchev–Trinajstić information content (AvgIpc) is 3.14. The van der Waals surface area contributed by atoms with Crippen LogP contribution in [-0.2, 0) is 6.54 Å². The highest BCUT2D eigenvalue weighted by atomic mass is 16.5. The number of benzene rings is 1. The normalized spacial score (nSPS) is 13.3. The van der Waals surface area contributed by atoms with E-state index in [1.165, 1.54) is 0 Å². The van der Waals surface area contributed by atoms with Crippen LogP contribution in [0.3, 0.4) is 0 Å². The van der Waals surface area contributed by atoms with E-state index in [0.717, 1.165) is 34.8 Å². The highest BCUT2D eigenvalue weighted by Gasteiger charge is 2.20. The van der Waals surface area contributed by atoms with Gasteiger partial charge >= 0.3 is 0 Å². The molecule has 7 nitrogen and oxygen atoms in total. The molecule has 3 heterocycles. The molecule has 0 saturated heterocycles. The van der Waals surface area contributed by atoms with Gasteiger partial charge in [0.1, 0.15) is 18.1 Å². The fourth-order valence-electron chi connectivity index (χ4n) is 3.12. The van der Waals surface area contributed by atoms with E-state index in [9.17, 15) is 4.79 Å². The lowest BCUT2D eigenvalue weighted by molar-refractivity contribution is 0.0924. The number of amides is 1. The van der Waals surface area contributed by atoms with Crippen LogP contribution < -0.4 is 10.1 Å². The van der Waals surface area contributed by atoms with Crippen LogP contribution in [0.1, 0.15) is 10.5 Å². The Morgan fingerprint density at radius 3 is 2.82 bits per heavy atom. The molecule has 0 saturated carbocycles. The topological polar surface area (TPSA) is 72.3 Å². The van der Waals surface area contributed by atoms with Crippen molar-refractivity contribution in [3.8, 4) is 28.3 Å². The monoisotopic (exact) mass is 377 g/mol. The van der Waals surface area contributed by atoms with Crippen LogP contribution in [0, 0.1) is 0 Å². The van der Waals surface area contributed by atoms with Crippen LogP contribution in [0.15, 0.2) is 48.7 Å². The zero-order chi connectivity index (χ0) is 19.5. The van der Waals surface area contributed by atoms with Crippen LogP contribution in [0.25, 0.3) is 22.5 Å². The fourth-order valence-corrected chi connectivity index (χ4v) is 3.12. The lowest BCUT2D eigenvalue weighted by Crippen LogP contribution is -2.35. The van der Waals surface area contributed by atoms with Crippen molar-refractivity contribution in [3.63, 3.8) is 0 Å². The molecule has 0 unspecified atom stereocenters. The lowest BCUT2D eigenvalue weighted by Gasteiger charge is -2.13. The minimum Gasteiger partial charge on any atom is -0.492 e. The second-order valence-electron chi connectivity index (χ2n) is 7.00. The van der Waals surface area contributed by atoms with Crippen molar-refractivity contribution in [2.24, 2.45) is 0 Å². The first-order chi connectivity index (χ1) is 13.6. The van der Waals surface area contributed by atoms with Crippen molar-refractivity contribution in [1.82, 2.24) is 25.0 Å². The summed E-state index contributed by atoms with van der Waals surface area (Å²) >= 11 is 0. The lowest BCUT2D eigenvalue weighted by atomic mass is 10.1. The van der Waals surface area contributed by atoms with Gasteiger partial charge in [0.05, 0.1) is 17.9 Å². The predicted octanol–water partition coefficient (Wildman–Crippen LogP) is 2.30. The second-order valence-corrected chi connectivity index (χ2v) is 7.00. The maximum Gasteiger partial charge on any atom is 0.269 e. The molecule has 1 aliphatic heterocycles. The number of nitrogens with zero attached hydrogens (tertiary/aromatic N) is 4. The minimum atomic E-state index is -0.0816. The van der Waals surface area contributed by atoms with Gasteiger partial charge in [0.25, 0.3) is 5.91 Å². The molecule has 1 N–H and O–H groups in total. The highest BCUT2D eigenvalue weighted by molar-refractivity contribution is 5.94. The van der Waals surface area contributed by atoms with Gasteiger partial charge in [-0.1, -0.05) is 12.1 Å². The highest BCUT2D eigenvalue weighted by Crippen LogP contribution is 2.27. The van der Waals surface area contributed by atoms with Gasteiger partial charge in [0, 0.05) is 30.4 Å². The molecule has 2 aromatic heterocycles. The molecule has 0 fully saturated rings. The van der Waals surface area contributed by atoms with Gasteiger partial charge in [0.2, 0.25) is 0 Å². The Kier molecular flexibility index (Phi) is 5.08. The van der Waals surface area contributed by atoms with E-state index in [1.54, 1.807) is 10.9 Å². The van der Waals surface area contributed by atoms with Crippen molar-refractivity contribution >= 4 is 5.91 Å². The number of rotatable bonds is 6. The number of hydrogen-bond donors (Lipinski definition) is 1. The number of pyridine rings is 1. The molecule has 28 heavy (non-hydrogen) atoms. The summed E-state index contributed by atoms with van der Waals surface area (Å²) in [4.78, 5) is 18.6. The molecule has 1 amide bonds. The van der Waals surface area contributed by atoms with Gasteiger partial charge in [-0.15, -0.1) is 0 Å². The number of hydrogen-bond acceptors (Lipinski definition) is 5. The summed E-state index contributed by atoms with van der Waals surface area (Å²) in [6.07, 6.45) is 1.77. The molecule has 1 aromatic carbocycles. The Bertz CT molecular complexity index is 996. The molecule has 0 spiro atoms. The summed E-state index contributed by atoms with van der Waals surface area (Å²) in [5.41, 5.74) is 4.11. The van der Waals surface area contributed by atoms with Crippen LogP contribution in [0.5, 0.6) is 5.75 Å². The summed E-state index contributed by atoms with van der Waals surface area (Å²) in [7, 11) is 4.04. The maximum atomic E-state index is 12.0. The van der Waals surface area contributed by atoms with E-state index in [4.69, 9.17) is 4.74 Å². The number of carbonyl (C=O) groups is 1. The Morgan fingerprint density at radius 1 is 1.14 bits per heavy atom. The summed E-state index contributed by atoms with van der Waals surface area (Å²) in [5.74, 6) is 0.738. The van der Waals surface area contributed by atoms with Crippen molar-refractivity contribution in [2.45, 2.75) is 6.54 Å². The summed E-state index contributed by atoms with van der Waals surface area (Å²) < 4.78 is 7.59. The van der Waals surface area contributed by atoms with Crippen LogP contribution in [0.2, 0.25) is 0 Å². The molecule has 7 heteroatoms. The van der Waals surface area contributed by atoms with E-state index in [2.05, 4.69) is 20.3 Å². The molecule has 0 aliphatic carbocycles. The molecule has 1 aliphatic rings. The number of ether oxygens (including phenoxy) is 1. The van der Waals surface area contributed by atoms with Crippen LogP contribution in [0.4, 0.5) is 0 Å². The maximum absolute atomic E-state index is 12.0. The number of aromatic nitrogens is 3. The van der Waals surface area contributed by atoms with Gasteiger partial charge in [-0.2, -0.15) is 5.10 Å². The predicted molar refractivity (Wildman–Crippen MR) is 107 cm³/mol. The largest absolute Gasteiger partial charge is 0.492 e. The van der Waals surface area contributed by atoms with Crippen molar-refractivity contribution in [3.05, 3.63) is 54.4 Å². The van der Waals surface area contributed by atoms with Crippen molar-refractivity contribution in [2.75, 3.05) is 33.8 Å². The van der Waals surface area contributed by atoms with Gasteiger partial charge in [-0.3, -0.25) is 14.5 Å². The van der Waals surface area contributed by atoms with Gasteiger partial charge in [0.15, 0.2) is 0 Å². The first kappa shape index (κ1) is 18.2. The molecule has 0 bridgehead atoms. The Labute approximate surface area is 164 Å². The van der Waals surface area contributed by atoms with E-state index >= 15 is 0 Å². The van der Waals surface area contributed by atoms with Gasteiger partial charge in [-0.25, -0.2) is 0 Å². The molecule has 144 valence electrons. The number of likely N-dealkylation sites (N-methyl/N-ethyl adjacent to an activating group) is 1. The smallest absolute Gasteiger partial charge is 0.269 e. The van der Waals surface area contributed by atoms with Gasteiger partial charge < -0.3 is 15.0 Å². The van der Waals surface area contributed by atoms with Gasteiger partial charge in [-0.05, 0) is 44.4 Å².